The molecule has 4 aromatic carbocycles. The van der Waals surface area contributed by atoms with Gasteiger partial charge in [-0.1, -0.05) is 143 Å². The van der Waals surface area contributed by atoms with Crippen LogP contribution in [0.4, 0.5) is 0 Å². The van der Waals surface area contributed by atoms with Crippen molar-refractivity contribution >= 4 is 8.32 Å². The first-order valence-electron chi connectivity index (χ1n) is 16.9. The van der Waals surface area contributed by atoms with E-state index >= 15 is 0 Å². The third-order valence-corrected chi connectivity index (χ3v) is 14.4. The zero-order chi connectivity index (χ0) is 35.1. The maximum atomic E-state index is 12.5. The summed E-state index contributed by atoms with van der Waals surface area (Å²) >= 11 is 0. The van der Waals surface area contributed by atoms with Crippen molar-refractivity contribution in [3.05, 3.63) is 168 Å². The van der Waals surface area contributed by atoms with Gasteiger partial charge < -0.3 is 23.7 Å². The number of benzene rings is 4. The Hall–Kier alpha value is -4.20. The number of ether oxygens (including phenoxy) is 3. The van der Waals surface area contributed by atoms with Gasteiger partial charge in [-0.25, -0.2) is 0 Å². The van der Waals surface area contributed by atoms with Crippen LogP contribution in [0.15, 0.2) is 152 Å². The molecule has 0 aliphatic heterocycles. The molecule has 49 heavy (non-hydrogen) atoms. The second-order valence-corrected chi connectivity index (χ2v) is 18.9. The van der Waals surface area contributed by atoms with Crippen molar-refractivity contribution in [2.45, 2.75) is 56.2 Å². The molecule has 6 heteroatoms. The van der Waals surface area contributed by atoms with Crippen molar-refractivity contribution < 1.29 is 23.7 Å². The average Bonchev–Trinajstić information content (AvgIpc) is 3.43. The van der Waals surface area contributed by atoms with Gasteiger partial charge in [0, 0.05) is 5.92 Å². The number of hydrogen-bond donors (Lipinski definition) is 1. The molecule has 5 rings (SSSR count). The van der Waals surface area contributed by atoms with Crippen LogP contribution in [0.5, 0.6) is 11.5 Å². The molecular formula is C43H50O5Si. The highest BCUT2D eigenvalue weighted by Crippen LogP contribution is 2.46. The van der Waals surface area contributed by atoms with Crippen LogP contribution >= 0.6 is 0 Å². The molecular weight excluding hydrogens is 625 g/mol. The molecule has 0 radical (unpaired) electrons. The smallest absolute Gasteiger partial charge is 0.192 e. The van der Waals surface area contributed by atoms with Crippen molar-refractivity contribution in [3.8, 4) is 11.5 Å². The summed E-state index contributed by atoms with van der Waals surface area (Å²) in [5.41, 5.74) is 1.53. The summed E-state index contributed by atoms with van der Waals surface area (Å²) in [7, 11) is -0.637. The third kappa shape index (κ3) is 7.84. The van der Waals surface area contributed by atoms with Gasteiger partial charge in [-0.3, -0.25) is 0 Å². The Labute approximate surface area is 293 Å². The van der Waals surface area contributed by atoms with E-state index in [9.17, 15) is 5.11 Å². The van der Waals surface area contributed by atoms with Gasteiger partial charge in [0.25, 0.3) is 0 Å². The lowest BCUT2D eigenvalue weighted by atomic mass is 9.79. The van der Waals surface area contributed by atoms with Crippen LogP contribution in [0.2, 0.25) is 18.1 Å². The van der Waals surface area contributed by atoms with E-state index in [1.54, 1.807) is 13.2 Å². The normalized spacial score (nSPS) is 19.9. The summed E-state index contributed by atoms with van der Waals surface area (Å²) in [6, 6.07) is 38.3. The van der Waals surface area contributed by atoms with E-state index in [0.29, 0.717) is 5.75 Å². The van der Waals surface area contributed by atoms with E-state index in [-0.39, 0.29) is 18.3 Å². The third-order valence-electron chi connectivity index (χ3n) is 9.94. The zero-order valence-electron chi connectivity index (χ0n) is 29.6. The Morgan fingerprint density at radius 3 is 1.73 bits per heavy atom. The molecule has 256 valence electrons. The van der Waals surface area contributed by atoms with Crippen molar-refractivity contribution in [2.24, 2.45) is 5.92 Å². The number of rotatable bonds is 14. The summed E-state index contributed by atoms with van der Waals surface area (Å²) in [5, 5.41) is 12.5. The van der Waals surface area contributed by atoms with Gasteiger partial charge >= 0.3 is 0 Å². The highest BCUT2D eigenvalue weighted by atomic mass is 28.4. The fourth-order valence-corrected chi connectivity index (χ4v) is 7.53. The maximum Gasteiger partial charge on any atom is 0.192 e. The minimum Gasteiger partial charge on any atom is -0.497 e. The number of aliphatic hydroxyl groups is 1. The van der Waals surface area contributed by atoms with Crippen LogP contribution in [-0.2, 0) is 14.8 Å². The van der Waals surface area contributed by atoms with Crippen LogP contribution < -0.4 is 9.47 Å². The van der Waals surface area contributed by atoms with Crippen molar-refractivity contribution in [1.82, 2.24) is 0 Å². The largest absolute Gasteiger partial charge is 0.497 e. The Bertz CT molecular complexity index is 1610. The number of methoxy groups -OCH3 is 1. The van der Waals surface area contributed by atoms with E-state index < -0.39 is 31.5 Å². The SMILES string of the molecule is C=C/C=C(/COC(c1ccccc1)(c1ccccc1)c1ccccc1)[C@@H]1[C@H](O[Si](C)(C)C(C)(C)C)C=C[C@@]1(O)COc1ccc(OC)cc1. The predicted molar refractivity (Wildman–Crippen MR) is 202 cm³/mol. The van der Waals surface area contributed by atoms with Gasteiger partial charge in [0.05, 0.1) is 19.8 Å². The standard InChI is InChI=1S/C43H50O5Si/c1-8-18-33(31-47-43(34-19-12-9-13-20-34,35-21-14-10-15-22-35)36-23-16-11-17-24-36)40-39(48-49(6,7)41(2,3)4)29-30-42(40,44)32-46-38-27-25-37(45-5)26-28-38/h8-30,39-40,44H,1,31-32H2,2-7H3/b33-18-/t39-,40-,42-/m1/s1. The average molecular weight is 675 g/mol. The molecule has 0 aromatic heterocycles. The first-order chi connectivity index (χ1) is 23.4. The molecule has 0 unspecified atom stereocenters. The molecule has 4 aromatic rings. The highest BCUT2D eigenvalue weighted by Gasteiger charge is 2.50. The summed E-state index contributed by atoms with van der Waals surface area (Å²) in [5.74, 6) is 0.870. The molecule has 0 bridgehead atoms. The maximum absolute atomic E-state index is 12.5. The van der Waals surface area contributed by atoms with E-state index in [2.05, 4.69) is 76.8 Å². The molecule has 0 fully saturated rings. The topological polar surface area (TPSA) is 57.2 Å². The van der Waals surface area contributed by atoms with E-state index in [0.717, 1.165) is 28.0 Å². The van der Waals surface area contributed by atoms with Gasteiger partial charge in [-0.15, -0.1) is 0 Å². The Morgan fingerprint density at radius 2 is 1.29 bits per heavy atom. The molecule has 5 nitrogen and oxygen atoms in total. The van der Waals surface area contributed by atoms with E-state index in [4.69, 9.17) is 18.6 Å². The van der Waals surface area contributed by atoms with Crippen LogP contribution in [0, 0.1) is 5.92 Å². The minimum atomic E-state index is -2.27. The summed E-state index contributed by atoms with van der Waals surface area (Å²) in [6.07, 6.45) is 7.16. The highest BCUT2D eigenvalue weighted by molar-refractivity contribution is 6.74. The molecule has 0 spiro atoms. The lowest BCUT2D eigenvalue weighted by Crippen LogP contribution is -2.50. The minimum absolute atomic E-state index is 0.0214. The van der Waals surface area contributed by atoms with E-state index in [1.807, 2.05) is 97.1 Å². The molecule has 0 saturated carbocycles. The molecule has 1 aliphatic rings. The number of allylic oxidation sites excluding steroid dienone is 2. The first-order valence-corrected chi connectivity index (χ1v) is 19.8. The van der Waals surface area contributed by atoms with Gasteiger partial charge in [0.2, 0.25) is 0 Å². The first kappa shape index (κ1) is 36.1. The molecule has 3 atom stereocenters. The lowest BCUT2D eigenvalue weighted by Gasteiger charge is -2.43. The fourth-order valence-electron chi connectivity index (χ4n) is 6.28. The van der Waals surface area contributed by atoms with Crippen molar-refractivity contribution in [1.29, 1.82) is 0 Å². The Balaban J connectivity index is 1.57. The van der Waals surface area contributed by atoms with Crippen LogP contribution in [0.3, 0.4) is 0 Å². The van der Waals surface area contributed by atoms with Gasteiger partial charge in [-0.05, 0) is 64.7 Å². The summed E-state index contributed by atoms with van der Waals surface area (Å²) in [4.78, 5) is 0. The molecule has 0 heterocycles. The monoisotopic (exact) mass is 674 g/mol. The lowest BCUT2D eigenvalue weighted by molar-refractivity contribution is -0.0333. The molecule has 1 N–H and O–H groups in total. The van der Waals surface area contributed by atoms with Crippen LogP contribution in [0.25, 0.3) is 0 Å². The fraction of sp³-hybridized carbons (Fsp3) is 0.302. The molecule has 0 saturated heterocycles. The van der Waals surface area contributed by atoms with Gasteiger partial charge in [0.15, 0.2) is 8.32 Å². The second-order valence-electron chi connectivity index (χ2n) is 14.2. The Morgan fingerprint density at radius 1 is 0.796 bits per heavy atom. The van der Waals surface area contributed by atoms with E-state index in [1.165, 1.54) is 0 Å². The van der Waals surface area contributed by atoms with Crippen LogP contribution in [-0.4, -0.2) is 45.5 Å². The zero-order valence-corrected chi connectivity index (χ0v) is 30.6. The predicted octanol–water partition coefficient (Wildman–Crippen LogP) is 9.50. The van der Waals surface area contributed by atoms with Gasteiger partial charge in [-0.2, -0.15) is 0 Å². The quantitative estimate of drug-likeness (QED) is 0.0625. The summed E-state index contributed by atoms with van der Waals surface area (Å²) in [6.45, 7) is 15.4. The van der Waals surface area contributed by atoms with Crippen molar-refractivity contribution in [2.75, 3.05) is 20.3 Å². The molecule has 1 aliphatic carbocycles. The second kappa shape index (κ2) is 15.1. The van der Waals surface area contributed by atoms with Gasteiger partial charge in [0.1, 0.15) is 29.3 Å². The summed E-state index contributed by atoms with van der Waals surface area (Å²) < 4.78 is 25.9. The Kier molecular flexibility index (Phi) is 11.1. The van der Waals surface area contributed by atoms with Crippen LogP contribution in [0.1, 0.15) is 37.5 Å². The number of hydrogen-bond acceptors (Lipinski definition) is 5. The molecule has 0 amide bonds. The van der Waals surface area contributed by atoms with Crippen molar-refractivity contribution in [3.63, 3.8) is 0 Å².